The number of rotatable bonds is 5. The number of aromatic hydroxyl groups is 1. The molecule has 0 aliphatic heterocycles. The van der Waals surface area contributed by atoms with Crippen molar-refractivity contribution in [3.63, 3.8) is 0 Å². The first-order chi connectivity index (χ1) is 9.81. The molecule has 0 heterocycles. The zero-order chi connectivity index (χ0) is 16.4. The minimum atomic E-state index is -0.956. The predicted octanol–water partition coefficient (Wildman–Crippen LogP) is -0.837. The van der Waals surface area contributed by atoms with Crippen LogP contribution in [-0.4, -0.2) is 17.0 Å². The van der Waals surface area contributed by atoms with Crippen molar-refractivity contribution in [3.05, 3.63) is 24.3 Å². The number of aliphatic carboxylic acids is 1. The Hall–Kier alpha value is -1.04. The number of hydrogen-bond acceptors (Lipinski definition) is 4. The summed E-state index contributed by atoms with van der Waals surface area (Å²) >= 11 is 0. The molecular weight excluding hydrogens is 293 g/mol. The maximum atomic E-state index is 11.5. The molecule has 0 saturated heterocycles. The van der Waals surface area contributed by atoms with Gasteiger partial charge < -0.3 is 20.3 Å². The van der Waals surface area contributed by atoms with Crippen molar-refractivity contribution in [2.45, 2.75) is 40.5 Å². The van der Waals surface area contributed by atoms with E-state index in [1.54, 1.807) is 31.2 Å². The smallest absolute Gasteiger partial charge is 0.550 e. The molecule has 0 saturated carbocycles. The quantitative estimate of drug-likeness (QED) is 0.547. The molecule has 1 amide bonds. The first-order valence-electron chi connectivity index (χ1n) is 7.12. The molecule has 2 unspecified atom stereocenters. The van der Waals surface area contributed by atoms with E-state index in [0.717, 1.165) is 6.42 Å². The van der Waals surface area contributed by atoms with Crippen LogP contribution in [0, 0.1) is 11.8 Å². The normalized spacial score (nSPS) is 12.0. The van der Waals surface area contributed by atoms with Crippen molar-refractivity contribution in [2.24, 2.45) is 11.8 Å². The molecule has 22 heavy (non-hydrogen) atoms. The molecule has 0 aliphatic rings. The number of carbonyl (C=O) groups is 2. The zero-order valence-electron chi connectivity index (χ0n) is 14.1. The largest absolute Gasteiger partial charge is 1.00 e. The molecule has 1 rings (SSSR count). The van der Waals surface area contributed by atoms with E-state index in [-0.39, 0.29) is 53.0 Å². The van der Waals surface area contributed by atoms with Crippen LogP contribution in [0.5, 0.6) is 5.75 Å². The fourth-order valence-corrected chi connectivity index (χ4v) is 1.16. The molecule has 5 nitrogen and oxygen atoms in total. The van der Waals surface area contributed by atoms with Crippen LogP contribution in [0.15, 0.2) is 24.3 Å². The second-order valence-electron chi connectivity index (χ2n) is 4.97. The summed E-state index contributed by atoms with van der Waals surface area (Å²) in [5.74, 6) is -1.02. The summed E-state index contributed by atoms with van der Waals surface area (Å²) in [6.07, 6.45) is 1.48. The van der Waals surface area contributed by atoms with E-state index in [0.29, 0.717) is 12.1 Å². The fourth-order valence-electron chi connectivity index (χ4n) is 1.16. The minimum Gasteiger partial charge on any atom is -0.550 e. The number of carboxylic acid groups (broad SMARTS) is 1. The Balaban J connectivity index is 0. The van der Waals surface area contributed by atoms with Gasteiger partial charge in [-0.25, -0.2) is 0 Å². The van der Waals surface area contributed by atoms with Crippen molar-refractivity contribution in [1.82, 2.24) is 0 Å². The monoisotopic (exact) mass is 317 g/mol. The molecule has 6 heteroatoms. The van der Waals surface area contributed by atoms with Gasteiger partial charge in [-0.05, 0) is 43.0 Å². The Kier molecular flexibility index (Phi) is 13.2. The summed E-state index contributed by atoms with van der Waals surface area (Å²) < 4.78 is 0. The molecule has 1 aromatic carbocycles. The molecule has 0 fully saturated rings. The van der Waals surface area contributed by atoms with Gasteiger partial charge in [0, 0.05) is 17.6 Å². The van der Waals surface area contributed by atoms with Crippen LogP contribution in [0.4, 0.5) is 5.69 Å². The fraction of sp³-hybridized carbons (Fsp3) is 0.500. The van der Waals surface area contributed by atoms with Crippen LogP contribution in [0.3, 0.4) is 0 Å². The van der Waals surface area contributed by atoms with Crippen LogP contribution < -0.4 is 40.0 Å². The number of carboxylic acids is 1. The molecule has 0 spiro atoms. The predicted molar refractivity (Wildman–Crippen MR) is 80.7 cm³/mol. The van der Waals surface area contributed by atoms with Gasteiger partial charge in [0.1, 0.15) is 5.75 Å². The maximum absolute atomic E-state index is 11.5. The number of benzene rings is 1. The second-order valence-corrected chi connectivity index (χ2v) is 4.97. The molecule has 0 bridgehead atoms. The van der Waals surface area contributed by atoms with E-state index in [1.165, 1.54) is 0 Å². The van der Waals surface area contributed by atoms with Gasteiger partial charge in [0.15, 0.2) is 0 Å². The van der Waals surface area contributed by atoms with Gasteiger partial charge in [0.2, 0.25) is 5.91 Å². The van der Waals surface area contributed by atoms with Gasteiger partial charge in [-0.1, -0.05) is 27.7 Å². The molecule has 1 aromatic rings. The van der Waals surface area contributed by atoms with Crippen molar-refractivity contribution < 1.29 is 49.4 Å². The Morgan fingerprint density at radius 1 is 1.09 bits per heavy atom. The summed E-state index contributed by atoms with van der Waals surface area (Å²) in [4.78, 5) is 21.3. The molecular formula is C16H24NNaO4. The summed E-state index contributed by atoms with van der Waals surface area (Å²) in [7, 11) is 0. The molecule has 0 aromatic heterocycles. The van der Waals surface area contributed by atoms with Crippen LogP contribution in [0.1, 0.15) is 40.5 Å². The van der Waals surface area contributed by atoms with Crippen LogP contribution >= 0.6 is 0 Å². The summed E-state index contributed by atoms with van der Waals surface area (Å²) in [6, 6.07) is 6.45. The second kappa shape index (κ2) is 12.5. The number of phenols is 1. The number of anilines is 1. The maximum Gasteiger partial charge on any atom is 1.00 e. The standard InChI is InChI=1S/C11H15NO2.C5H10O2.Na/c1-3-8(2)11(14)12-9-4-6-10(13)7-5-9;1-3-4(2)5(6)7;/h4-8,13H,3H2,1-2H3,(H,12,14);4H,3H2,1-2H3,(H,6,7);/q;;+1/p-1. The van der Waals surface area contributed by atoms with E-state index >= 15 is 0 Å². The van der Waals surface area contributed by atoms with Crippen molar-refractivity contribution >= 4 is 17.6 Å². The van der Waals surface area contributed by atoms with Gasteiger partial charge >= 0.3 is 29.6 Å². The summed E-state index contributed by atoms with van der Waals surface area (Å²) in [5, 5.41) is 21.6. The van der Waals surface area contributed by atoms with Crippen molar-refractivity contribution in [3.8, 4) is 5.75 Å². The number of phenolic OH excluding ortho intramolecular Hbond substituents is 1. The Labute approximate surface area is 154 Å². The molecule has 2 N–H and O–H groups in total. The van der Waals surface area contributed by atoms with Crippen molar-refractivity contribution in [1.29, 1.82) is 0 Å². The van der Waals surface area contributed by atoms with E-state index in [4.69, 9.17) is 5.11 Å². The van der Waals surface area contributed by atoms with Gasteiger partial charge in [-0.15, -0.1) is 0 Å². The van der Waals surface area contributed by atoms with Crippen LogP contribution in [-0.2, 0) is 9.59 Å². The van der Waals surface area contributed by atoms with E-state index < -0.39 is 5.97 Å². The number of nitrogens with one attached hydrogen (secondary N) is 1. The van der Waals surface area contributed by atoms with E-state index in [1.807, 2.05) is 20.8 Å². The Morgan fingerprint density at radius 3 is 1.86 bits per heavy atom. The molecule has 118 valence electrons. The third kappa shape index (κ3) is 9.82. The molecule has 2 atom stereocenters. The zero-order valence-corrected chi connectivity index (χ0v) is 16.1. The third-order valence-electron chi connectivity index (χ3n) is 3.21. The average Bonchev–Trinajstić information content (AvgIpc) is 2.48. The topological polar surface area (TPSA) is 89.5 Å². The van der Waals surface area contributed by atoms with E-state index in [2.05, 4.69) is 5.32 Å². The van der Waals surface area contributed by atoms with Crippen molar-refractivity contribution in [2.75, 3.05) is 5.32 Å². The average molecular weight is 317 g/mol. The molecule has 0 radical (unpaired) electrons. The van der Waals surface area contributed by atoms with Gasteiger partial charge in [0.05, 0.1) is 0 Å². The Bertz CT molecular complexity index is 448. The van der Waals surface area contributed by atoms with Crippen LogP contribution in [0.2, 0.25) is 0 Å². The SMILES string of the molecule is CCC(C)C(=O)Nc1ccc(O)cc1.CCC(C)C(=O)[O-].[Na+]. The van der Waals surface area contributed by atoms with Crippen LogP contribution in [0.25, 0.3) is 0 Å². The van der Waals surface area contributed by atoms with Gasteiger partial charge in [-0.3, -0.25) is 4.79 Å². The number of hydrogen-bond donors (Lipinski definition) is 2. The van der Waals surface area contributed by atoms with Gasteiger partial charge in [-0.2, -0.15) is 0 Å². The summed E-state index contributed by atoms with van der Waals surface area (Å²) in [6.45, 7) is 7.31. The first-order valence-corrected chi connectivity index (χ1v) is 7.12. The minimum absolute atomic E-state index is 0. The van der Waals surface area contributed by atoms with Gasteiger partial charge in [0.25, 0.3) is 0 Å². The molecule has 0 aliphatic carbocycles. The first kappa shape index (κ1) is 23.2. The van der Waals surface area contributed by atoms with E-state index in [9.17, 15) is 14.7 Å². The summed E-state index contributed by atoms with van der Waals surface area (Å²) in [5.41, 5.74) is 0.716. The Morgan fingerprint density at radius 2 is 1.55 bits per heavy atom. The third-order valence-corrected chi connectivity index (χ3v) is 3.21. The number of carbonyl (C=O) groups excluding carboxylic acids is 2. The number of amides is 1.